The molecule has 0 spiro atoms. The van der Waals surface area contributed by atoms with Gasteiger partial charge in [-0.1, -0.05) is 12.1 Å². The maximum atomic E-state index is 13.6. The monoisotopic (exact) mass is 243 g/mol. The fourth-order valence-corrected chi connectivity index (χ4v) is 2.37. The fraction of sp³-hybridized carbons (Fsp3) is 0.286. The molecule has 1 aliphatic heterocycles. The third-order valence-corrected chi connectivity index (χ3v) is 3.40. The molecule has 1 N–H and O–H groups in total. The van der Waals surface area contributed by atoms with Gasteiger partial charge < -0.3 is 5.32 Å². The highest BCUT2D eigenvalue weighted by molar-refractivity contribution is 5.67. The number of hydrogen-bond acceptors (Lipinski definition) is 3. The van der Waals surface area contributed by atoms with Crippen molar-refractivity contribution >= 4 is 0 Å². The van der Waals surface area contributed by atoms with E-state index in [2.05, 4.69) is 15.3 Å². The third-order valence-electron chi connectivity index (χ3n) is 3.40. The van der Waals surface area contributed by atoms with Gasteiger partial charge >= 0.3 is 0 Å². The summed E-state index contributed by atoms with van der Waals surface area (Å²) in [6, 6.07) is 5.11. The Bertz CT molecular complexity index is 596. The Morgan fingerprint density at radius 3 is 3.06 bits per heavy atom. The average molecular weight is 243 g/mol. The summed E-state index contributed by atoms with van der Waals surface area (Å²) in [6.45, 7) is 3.47. The smallest absolute Gasteiger partial charge is 0.126 e. The molecule has 3 rings (SSSR count). The molecule has 2 heterocycles. The van der Waals surface area contributed by atoms with E-state index in [4.69, 9.17) is 0 Å². The summed E-state index contributed by atoms with van der Waals surface area (Å²) in [5.74, 6) is -0.191. The minimum absolute atomic E-state index is 0.191. The number of nitrogens with one attached hydrogen (secondary N) is 1. The van der Waals surface area contributed by atoms with Crippen molar-refractivity contribution in [1.82, 2.24) is 15.3 Å². The molecular formula is C14H14FN3. The van der Waals surface area contributed by atoms with E-state index in [1.54, 1.807) is 19.3 Å². The van der Waals surface area contributed by atoms with Gasteiger partial charge in [0.2, 0.25) is 0 Å². The standard InChI is InChI=1S/C14H14FN3/c1-9-10(3-2-4-12(9)15)14-11-7-16-6-5-13(11)17-8-18-14/h2-4,8,16H,5-7H2,1H3. The van der Waals surface area contributed by atoms with E-state index >= 15 is 0 Å². The molecule has 0 unspecified atom stereocenters. The fourth-order valence-electron chi connectivity index (χ4n) is 2.37. The van der Waals surface area contributed by atoms with Crippen molar-refractivity contribution in [3.8, 4) is 11.3 Å². The van der Waals surface area contributed by atoms with Crippen molar-refractivity contribution in [2.75, 3.05) is 6.54 Å². The molecule has 0 atom stereocenters. The van der Waals surface area contributed by atoms with Crippen LogP contribution in [0.25, 0.3) is 11.3 Å². The van der Waals surface area contributed by atoms with Crippen LogP contribution in [0.15, 0.2) is 24.5 Å². The van der Waals surface area contributed by atoms with Gasteiger partial charge in [-0.25, -0.2) is 14.4 Å². The Morgan fingerprint density at radius 1 is 1.28 bits per heavy atom. The van der Waals surface area contributed by atoms with Crippen molar-refractivity contribution in [2.45, 2.75) is 19.9 Å². The van der Waals surface area contributed by atoms with Crippen LogP contribution in [0.4, 0.5) is 4.39 Å². The lowest BCUT2D eigenvalue weighted by atomic mass is 9.97. The van der Waals surface area contributed by atoms with Crippen LogP contribution < -0.4 is 5.32 Å². The van der Waals surface area contributed by atoms with Gasteiger partial charge in [-0.2, -0.15) is 0 Å². The van der Waals surface area contributed by atoms with E-state index in [0.29, 0.717) is 5.56 Å². The Balaban J connectivity index is 2.20. The Hall–Kier alpha value is -1.81. The van der Waals surface area contributed by atoms with E-state index in [-0.39, 0.29) is 5.82 Å². The average Bonchev–Trinajstić information content (AvgIpc) is 2.41. The van der Waals surface area contributed by atoms with Gasteiger partial charge in [-0.05, 0) is 18.6 Å². The van der Waals surface area contributed by atoms with Crippen LogP contribution in [0.1, 0.15) is 16.8 Å². The molecule has 4 heteroatoms. The number of rotatable bonds is 1. The van der Waals surface area contributed by atoms with Crippen molar-refractivity contribution in [2.24, 2.45) is 0 Å². The van der Waals surface area contributed by atoms with Crippen LogP contribution in [-0.2, 0) is 13.0 Å². The van der Waals surface area contributed by atoms with Crippen molar-refractivity contribution in [3.05, 3.63) is 47.2 Å². The highest BCUT2D eigenvalue weighted by Crippen LogP contribution is 2.28. The number of fused-ring (bicyclic) bond motifs is 1. The second kappa shape index (κ2) is 4.46. The highest BCUT2D eigenvalue weighted by Gasteiger charge is 2.17. The Labute approximate surface area is 105 Å². The molecule has 0 saturated carbocycles. The van der Waals surface area contributed by atoms with Crippen LogP contribution in [0, 0.1) is 12.7 Å². The van der Waals surface area contributed by atoms with E-state index in [1.165, 1.54) is 6.07 Å². The van der Waals surface area contributed by atoms with Gasteiger partial charge in [0.15, 0.2) is 0 Å². The topological polar surface area (TPSA) is 37.8 Å². The maximum Gasteiger partial charge on any atom is 0.126 e. The Morgan fingerprint density at radius 2 is 2.17 bits per heavy atom. The van der Waals surface area contributed by atoms with E-state index in [0.717, 1.165) is 42.0 Å². The second-order valence-electron chi connectivity index (χ2n) is 4.49. The van der Waals surface area contributed by atoms with Crippen molar-refractivity contribution in [1.29, 1.82) is 0 Å². The summed E-state index contributed by atoms with van der Waals surface area (Å²) in [5, 5.41) is 3.31. The zero-order valence-corrected chi connectivity index (χ0v) is 10.2. The molecule has 0 radical (unpaired) electrons. The van der Waals surface area contributed by atoms with Crippen molar-refractivity contribution in [3.63, 3.8) is 0 Å². The quantitative estimate of drug-likeness (QED) is 0.834. The zero-order valence-electron chi connectivity index (χ0n) is 10.2. The number of halogens is 1. The van der Waals surface area contributed by atoms with E-state index in [1.807, 2.05) is 6.07 Å². The minimum Gasteiger partial charge on any atom is -0.312 e. The van der Waals surface area contributed by atoms with Crippen LogP contribution >= 0.6 is 0 Å². The van der Waals surface area contributed by atoms with Gasteiger partial charge in [-0.3, -0.25) is 0 Å². The molecule has 1 aromatic carbocycles. The van der Waals surface area contributed by atoms with Gasteiger partial charge in [0, 0.05) is 30.6 Å². The molecule has 0 saturated heterocycles. The summed E-state index contributed by atoms with van der Waals surface area (Å²) in [5.41, 5.74) is 4.52. The largest absolute Gasteiger partial charge is 0.312 e. The van der Waals surface area contributed by atoms with Crippen LogP contribution in [0.3, 0.4) is 0 Å². The SMILES string of the molecule is Cc1c(F)cccc1-c1ncnc2c1CNCC2. The van der Waals surface area contributed by atoms with Gasteiger partial charge in [0.05, 0.1) is 11.4 Å². The lowest BCUT2D eigenvalue weighted by molar-refractivity contribution is 0.617. The lowest BCUT2D eigenvalue weighted by Gasteiger charge is -2.19. The molecule has 2 aromatic rings. The number of aromatic nitrogens is 2. The molecule has 18 heavy (non-hydrogen) atoms. The first-order valence-electron chi connectivity index (χ1n) is 6.06. The van der Waals surface area contributed by atoms with Gasteiger partial charge in [0.25, 0.3) is 0 Å². The molecule has 0 aliphatic carbocycles. The molecule has 1 aliphatic rings. The summed E-state index contributed by atoms with van der Waals surface area (Å²) < 4.78 is 13.6. The second-order valence-corrected chi connectivity index (χ2v) is 4.49. The number of benzene rings is 1. The van der Waals surface area contributed by atoms with Crippen LogP contribution in [0.5, 0.6) is 0 Å². The highest BCUT2D eigenvalue weighted by atomic mass is 19.1. The third kappa shape index (κ3) is 1.78. The zero-order chi connectivity index (χ0) is 12.5. The van der Waals surface area contributed by atoms with Crippen molar-refractivity contribution < 1.29 is 4.39 Å². The minimum atomic E-state index is -0.191. The first-order valence-corrected chi connectivity index (χ1v) is 6.06. The predicted octanol–water partition coefficient (Wildman–Crippen LogP) is 2.24. The summed E-state index contributed by atoms with van der Waals surface area (Å²) in [6.07, 6.45) is 2.48. The summed E-state index contributed by atoms with van der Waals surface area (Å²) >= 11 is 0. The van der Waals surface area contributed by atoms with Crippen LogP contribution in [0.2, 0.25) is 0 Å². The predicted molar refractivity (Wildman–Crippen MR) is 67.6 cm³/mol. The maximum absolute atomic E-state index is 13.6. The normalized spacial score (nSPS) is 14.3. The first kappa shape index (κ1) is 11.3. The molecule has 0 bridgehead atoms. The van der Waals surface area contributed by atoms with E-state index in [9.17, 15) is 4.39 Å². The number of nitrogens with zero attached hydrogens (tertiary/aromatic N) is 2. The number of hydrogen-bond donors (Lipinski definition) is 1. The lowest BCUT2D eigenvalue weighted by Crippen LogP contribution is -2.25. The molecular weight excluding hydrogens is 229 g/mol. The van der Waals surface area contributed by atoms with Crippen LogP contribution in [-0.4, -0.2) is 16.5 Å². The van der Waals surface area contributed by atoms with Gasteiger partial charge in [-0.15, -0.1) is 0 Å². The molecule has 0 amide bonds. The molecule has 92 valence electrons. The Kier molecular flexibility index (Phi) is 2.80. The molecule has 3 nitrogen and oxygen atoms in total. The first-order chi connectivity index (χ1) is 8.77. The van der Waals surface area contributed by atoms with Gasteiger partial charge in [0.1, 0.15) is 12.1 Å². The summed E-state index contributed by atoms with van der Waals surface area (Å²) in [7, 11) is 0. The molecule has 1 aromatic heterocycles. The van der Waals surface area contributed by atoms with E-state index < -0.39 is 0 Å². The summed E-state index contributed by atoms with van der Waals surface area (Å²) in [4.78, 5) is 8.66. The molecule has 0 fully saturated rings.